The van der Waals surface area contributed by atoms with Gasteiger partial charge in [-0.3, -0.25) is 0 Å². The molecule has 0 spiro atoms. The number of benzene rings is 1. The van der Waals surface area contributed by atoms with Crippen molar-refractivity contribution in [3.63, 3.8) is 0 Å². The second-order valence-corrected chi connectivity index (χ2v) is 5.26. The van der Waals surface area contributed by atoms with Gasteiger partial charge < -0.3 is 19.9 Å². The first-order chi connectivity index (χ1) is 8.97. The van der Waals surface area contributed by atoms with Crippen molar-refractivity contribution in [3.05, 3.63) is 17.7 Å². The summed E-state index contributed by atoms with van der Waals surface area (Å²) in [6.45, 7) is 7.32. The predicted molar refractivity (Wildman–Crippen MR) is 77.0 cm³/mol. The highest BCUT2D eigenvalue weighted by Crippen LogP contribution is 2.37. The van der Waals surface area contributed by atoms with E-state index in [-0.39, 0.29) is 5.75 Å². The smallest absolute Gasteiger partial charge is 0.200 e. The first-order valence-electron chi connectivity index (χ1n) is 6.65. The van der Waals surface area contributed by atoms with E-state index in [0.29, 0.717) is 23.5 Å². The first kappa shape index (κ1) is 15.6. The summed E-state index contributed by atoms with van der Waals surface area (Å²) in [5.74, 6) is 1.59. The molecule has 1 unspecified atom stereocenters. The number of ether oxygens (including phenoxy) is 2. The Kier molecular flexibility index (Phi) is 5.96. The van der Waals surface area contributed by atoms with E-state index < -0.39 is 0 Å². The minimum Gasteiger partial charge on any atom is -0.502 e. The summed E-state index contributed by atoms with van der Waals surface area (Å²) in [4.78, 5) is 0. The Balaban J connectivity index is 2.73. The monoisotopic (exact) mass is 267 g/mol. The Labute approximate surface area is 115 Å². The second kappa shape index (κ2) is 7.24. The number of phenolic OH excluding ortho intramolecular Hbond substituents is 1. The fraction of sp³-hybridized carbons (Fsp3) is 0.600. The number of aromatic hydroxyl groups is 1. The van der Waals surface area contributed by atoms with Crippen LogP contribution in [-0.2, 0) is 6.54 Å². The minimum atomic E-state index is 0.0454. The summed E-state index contributed by atoms with van der Waals surface area (Å²) in [7, 11) is 3.07. The van der Waals surface area contributed by atoms with Crippen molar-refractivity contribution in [2.45, 2.75) is 39.8 Å². The summed E-state index contributed by atoms with van der Waals surface area (Å²) in [6, 6.07) is 4.10. The van der Waals surface area contributed by atoms with Gasteiger partial charge in [-0.2, -0.15) is 0 Å². The maximum Gasteiger partial charge on any atom is 0.200 e. The number of phenols is 1. The Morgan fingerprint density at radius 3 is 2.05 bits per heavy atom. The maximum atomic E-state index is 9.84. The van der Waals surface area contributed by atoms with Gasteiger partial charge in [-0.1, -0.05) is 13.8 Å². The van der Waals surface area contributed by atoms with Crippen LogP contribution in [0.25, 0.3) is 0 Å². The van der Waals surface area contributed by atoms with E-state index in [1.54, 1.807) is 0 Å². The molecule has 19 heavy (non-hydrogen) atoms. The lowest BCUT2D eigenvalue weighted by atomic mass is 10.0. The molecule has 0 saturated heterocycles. The van der Waals surface area contributed by atoms with Crippen molar-refractivity contribution in [1.29, 1.82) is 0 Å². The van der Waals surface area contributed by atoms with E-state index in [0.717, 1.165) is 18.5 Å². The van der Waals surface area contributed by atoms with Crippen molar-refractivity contribution < 1.29 is 14.6 Å². The molecule has 0 aliphatic rings. The zero-order valence-electron chi connectivity index (χ0n) is 12.5. The molecule has 108 valence electrons. The van der Waals surface area contributed by atoms with Gasteiger partial charge >= 0.3 is 0 Å². The van der Waals surface area contributed by atoms with Crippen molar-refractivity contribution in [2.24, 2.45) is 5.92 Å². The highest BCUT2D eigenvalue weighted by Gasteiger charge is 2.12. The second-order valence-electron chi connectivity index (χ2n) is 5.26. The van der Waals surface area contributed by atoms with E-state index in [2.05, 4.69) is 26.1 Å². The van der Waals surface area contributed by atoms with Crippen LogP contribution in [0.5, 0.6) is 17.2 Å². The molecule has 0 amide bonds. The average molecular weight is 267 g/mol. The van der Waals surface area contributed by atoms with Gasteiger partial charge in [-0.25, -0.2) is 0 Å². The molecular weight excluding hydrogens is 242 g/mol. The summed E-state index contributed by atoms with van der Waals surface area (Å²) in [6.07, 6.45) is 1.13. The molecule has 1 aromatic carbocycles. The van der Waals surface area contributed by atoms with E-state index in [9.17, 15) is 5.11 Å². The van der Waals surface area contributed by atoms with Gasteiger partial charge in [0, 0.05) is 12.6 Å². The SMILES string of the molecule is COc1cc(CNC(C)CC(C)C)cc(OC)c1O. The lowest BCUT2D eigenvalue weighted by Gasteiger charge is -2.17. The molecule has 0 aromatic heterocycles. The molecule has 4 heteroatoms. The molecular formula is C15H25NO3. The summed E-state index contributed by atoms with van der Waals surface area (Å²) in [5.41, 5.74) is 1.03. The molecule has 1 aromatic rings. The van der Waals surface area contributed by atoms with Gasteiger partial charge in [-0.05, 0) is 37.0 Å². The molecule has 0 aliphatic heterocycles. The van der Waals surface area contributed by atoms with E-state index in [4.69, 9.17) is 9.47 Å². The highest BCUT2D eigenvalue weighted by atomic mass is 16.5. The van der Waals surface area contributed by atoms with Gasteiger partial charge in [0.1, 0.15) is 0 Å². The van der Waals surface area contributed by atoms with E-state index >= 15 is 0 Å². The normalized spacial score (nSPS) is 12.5. The number of nitrogens with one attached hydrogen (secondary N) is 1. The molecule has 0 radical (unpaired) electrons. The average Bonchev–Trinajstić information content (AvgIpc) is 2.36. The molecule has 2 N–H and O–H groups in total. The lowest BCUT2D eigenvalue weighted by Crippen LogP contribution is -2.26. The van der Waals surface area contributed by atoms with Crippen LogP contribution >= 0.6 is 0 Å². The summed E-state index contributed by atoms with van der Waals surface area (Å²) in [5, 5.41) is 13.3. The Hall–Kier alpha value is -1.42. The Morgan fingerprint density at radius 2 is 1.63 bits per heavy atom. The molecule has 0 aliphatic carbocycles. The zero-order chi connectivity index (χ0) is 14.4. The van der Waals surface area contributed by atoms with Crippen LogP contribution in [0.15, 0.2) is 12.1 Å². The highest BCUT2D eigenvalue weighted by molar-refractivity contribution is 5.52. The molecule has 1 atom stereocenters. The van der Waals surface area contributed by atoms with Crippen LogP contribution in [0.2, 0.25) is 0 Å². The van der Waals surface area contributed by atoms with Gasteiger partial charge in [0.05, 0.1) is 14.2 Å². The van der Waals surface area contributed by atoms with Crippen LogP contribution in [-0.4, -0.2) is 25.4 Å². The third-order valence-corrected chi connectivity index (χ3v) is 3.02. The number of hydrogen-bond acceptors (Lipinski definition) is 4. The molecule has 4 nitrogen and oxygen atoms in total. The van der Waals surface area contributed by atoms with Crippen LogP contribution in [0.1, 0.15) is 32.8 Å². The third-order valence-electron chi connectivity index (χ3n) is 3.02. The fourth-order valence-electron chi connectivity index (χ4n) is 2.13. The number of hydrogen-bond donors (Lipinski definition) is 2. The quantitative estimate of drug-likeness (QED) is 0.797. The van der Waals surface area contributed by atoms with Gasteiger partial charge in [-0.15, -0.1) is 0 Å². The minimum absolute atomic E-state index is 0.0454. The first-order valence-corrected chi connectivity index (χ1v) is 6.65. The topological polar surface area (TPSA) is 50.7 Å². The van der Waals surface area contributed by atoms with E-state index in [1.165, 1.54) is 14.2 Å². The largest absolute Gasteiger partial charge is 0.502 e. The number of rotatable bonds is 7. The third kappa shape index (κ3) is 4.63. The van der Waals surface area contributed by atoms with Crippen LogP contribution < -0.4 is 14.8 Å². The molecule has 0 fully saturated rings. The van der Waals surface area contributed by atoms with Crippen LogP contribution in [0, 0.1) is 5.92 Å². The van der Waals surface area contributed by atoms with Crippen molar-refractivity contribution in [2.75, 3.05) is 14.2 Å². The zero-order valence-corrected chi connectivity index (χ0v) is 12.5. The van der Waals surface area contributed by atoms with E-state index in [1.807, 2.05) is 12.1 Å². The van der Waals surface area contributed by atoms with Crippen LogP contribution in [0.3, 0.4) is 0 Å². The summed E-state index contributed by atoms with van der Waals surface area (Å²) >= 11 is 0. The van der Waals surface area contributed by atoms with Crippen molar-refractivity contribution in [3.8, 4) is 17.2 Å². The predicted octanol–water partition coefficient (Wildman–Crippen LogP) is 2.93. The maximum absolute atomic E-state index is 9.84. The van der Waals surface area contributed by atoms with Gasteiger partial charge in [0.15, 0.2) is 11.5 Å². The van der Waals surface area contributed by atoms with Crippen molar-refractivity contribution >= 4 is 0 Å². The molecule has 0 heterocycles. The fourth-order valence-corrected chi connectivity index (χ4v) is 2.13. The molecule has 0 bridgehead atoms. The van der Waals surface area contributed by atoms with Gasteiger partial charge in [0.25, 0.3) is 0 Å². The Bertz CT molecular complexity index is 379. The number of methoxy groups -OCH3 is 2. The van der Waals surface area contributed by atoms with Crippen molar-refractivity contribution in [1.82, 2.24) is 5.32 Å². The summed E-state index contributed by atoms with van der Waals surface area (Å²) < 4.78 is 10.3. The van der Waals surface area contributed by atoms with Crippen LogP contribution in [0.4, 0.5) is 0 Å². The molecule has 1 rings (SSSR count). The lowest BCUT2D eigenvalue weighted by molar-refractivity contribution is 0.338. The standard InChI is InChI=1S/C15H25NO3/c1-10(2)6-11(3)16-9-12-7-13(18-4)15(17)14(8-12)19-5/h7-8,10-11,16-17H,6,9H2,1-5H3. The molecule has 0 saturated carbocycles. The Morgan fingerprint density at radius 1 is 1.11 bits per heavy atom. The van der Waals surface area contributed by atoms with Gasteiger partial charge in [0.2, 0.25) is 5.75 Å².